The van der Waals surface area contributed by atoms with Crippen LogP contribution in [0.4, 0.5) is 13.2 Å². The van der Waals surface area contributed by atoms with Crippen molar-refractivity contribution in [1.29, 1.82) is 0 Å². The van der Waals surface area contributed by atoms with Gasteiger partial charge in [0.05, 0.1) is 13.2 Å². The molecule has 0 aliphatic carbocycles. The summed E-state index contributed by atoms with van der Waals surface area (Å²) in [4.78, 5) is 24.5. The van der Waals surface area contributed by atoms with Gasteiger partial charge in [-0.15, -0.1) is 13.2 Å². The quantitative estimate of drug-likeness (QED) is 0.386. The van der Waals surface area contributed by atoms with Gasteiger partial charge in [0.2, 0.25) is 5.91 Å². The van der Waals surface area contributed by atoms with E-state index in [1.165, 1.54) is 12.1 Å². The lowest BCUT2D eigenvalue weighted by Gasteiger charge is -2.18. The monoisotopic (exact) mass is 453 g/mol. The van der Waals surface area contributed by atoms with Crippen molar-refractivity contribution in [2.75, 3.05) is 13.2 Å². The van der Waals surface area contributed by atoms with Crippen molar-refractivity contribution in [2.24, 2.45) is 0 Å². The number of carbonyl (C=O) groups is 2. The van der Waals surface area contributed by atoms with Crippen LogP contribution in [0.3, 0.4) is 0 Å². The number of alkyl halides is 3. The number of carbonyl (C=O) groups excluding carboxylic acids is 2. The van der Waals surface area contributed by atoms with Crippen LogP contribution in [0, 0.1) is 0 Å². The van der Waals surface area contributed by atoms with E-state index in [0.29, 0.717) is 25.2 Å². The van der Waals surface area contributed by atoms with Gasteiger partial charge in [0, 0.05) is 19.4 Å². The van der Waals surface area contributed by atoms with E-state index in [-0.39, 0.29) is 25.4 Å². The van der Waals surface area contributed by atoms with Crippen molar-refractivity contribution in [3.63, 3.8) is 0 Å². The van der Waals surface area contributed by atoms with Crippen LogP contribution < -0.4 is 10.1 Å². The Labute approximate surface area is 184 Å². The molecule has 1 amide bonds. The van der Waals surface area contributed by atoms with Crippen molar-refractivity contribution in [3.05, 3.63) is 65.7 Å². The zero-order valence-electron chi connectivity index (χ0n) is 17.7. The first-order chi connectivity index (χ1) is 15.3. The molecular weight excluding hydrogens is 427 g/mol. The highest BCUT2D eigenvalue weighted by Gasteiger charge is 2.31. The van der Waals surface area contributed by atoms with Gasteiger partial charge in [0.25, 0.3) is 0 Å². The SMILES string of the molecule is CCOC(=O)[C@H](Cc1cccc(OC(F)(F)F)c1)NC(=O)CCCOCc1ccccc1. The molecule has 0 spiro atoms. The number of amides is 1. The average molecular weight is 453 g/mol. The smallest absolute Gasteiger partial charge is 0.464 e. The van der Waals surface area contributed by atoms with Gasteiger partial charge in [0.1, 0.15) is 11.8 Å². The van der Waals surface area contributed by atoms with Crippen molar-refractivity contribution in [1.82, 2.24) is 5.32 Å². The molecule has 0 aliphatic heterocycles. The summed E-state index contributed by atoms with van der Waals surface area (Å²) >= 11 is 0. The fourth-order valence-corrected chi connectivity index (χ4v) is 2.91. The van der Waals surface area contributed by atoms with Crippen molar-refractivity contribution < 1.29 is 37.0 Å². The van der Waals surface area contributed by atoms with Gasteiger partial charge in [-0.3, -0.25) is 4.79 Å². The van der Waals surface area contributed by atoms with E-state index in [1.54, 1.807) is 13.0 Å². The van der Waals surface area contributed by atoms with Gasteiger partial charge in [-0.25, -0.2) is 4.79 Å². The molecule has 0 unspecified atom stereocenters. The predicted molar refractivity (Wildman–Crippen MR) is 111 cm³/mol. The van der Waals surface area contributed by atoms with Crippen molar-refractivity contribution in [2.45, 2.75) is 45.2 Å². The Kier molecular flexibility index (Phi) is 10.0. The highest BCUT2D eigenvalue weighted by molar-refractivity contribution is 5.84. The molecule has 9 heteroatoms. The summed E-state index contributed by atoms with van der Waals surface area (Å²) in [6.07, 6.45) is -4.29. The van der Waals surface area contributed by atoms with Gasteiger partial charge in [-0.2, -0.15) is 0 Å². The van der Waals surface area contributed by atoms with E-state index in [4.69, 9.17) is 9.47 Å². The van der Waals surface area contributed by atoms with E-state index in [0.717, 1.165) is 11.6 Å². The van der Waals surface area contributed by atoms with Crippen LogP contribution in [0.1, 0.15) is 30.9 Å². The van der Waals surface area contributed by atoms with Crippen LogP contribution in [0.5, 0.6) is 5.75 Å². The molecule has 0 saturated carbocycles. The lowest BCUT2D eigenvalue weighted by Crippen LogP contribution is -2.43. The summed E-state index contributed by atoms with van der Waals surface area (Å²) < 4.78 is 51.8. The summed E-state index contributed by atoms with van der Waals surface area (Å²) in [6, 6.07) is 13.8. The summed E-state index contributed by atoms with van der Waals surface area (Å²) in [6.45, 7) is 2.53. The third kappa shape index (κ3) is 9.82. The van der Waals surface area contributed by atoms with Crippen LogP contribution in [-0.2, 0) is 32.1 Å². The first kappa shape index (κ1) is 25.2. The molecule has 1 atom stereocenters. The van der Waals surface area contributed by atoms with Crippen molar-refractivity contribution in [3.8, 4) is 5.75 Å². The molecule has 0 saturated heterocycles. The Morgan fingerprint density at radius 1 is 1.03 bits per heavy atom. The number of halogens is 3. The number of hydrogen-bond acceptors (Lipinski definition) is 5. The average Bonchev–Trinajstić information content (AvgIpc) is 2.73. The largest absolute Gasteiger partial charge is 0.573 e. The molecule has 2 aromatic carbocycles. The van der Waals surface area contributed by atoms with Crippen LogP contribution in [-0.4, -0.2) is 37.5 Å². The second-order valence-electron chi connectivity index (χ2n) is 6.91. The third-order valence-electron chi connectivity index (χ3n) is 4.28. The van der Waals surface area contributed by atoms with Gasteiger partial charge < -0.3 is 19.5 Å². The first-order valence-corrected chi connectivity index (χ1v) is 10.2. The Bertz CT molecular complexity index is 858. The molecule has 6 nitrogen and oxygen atoms in total. The summed E-state index contributed by atoms with van der Waals surface area (Å²) in [5.41, 5.74) is 1.41. The standard InChI is InChI=1S/C23H26F3NO5/c1-2-31-22(29)20(15-18-10-6-11-19(14-18)32-23(24,25)26)27-21(28)12-7-13-30-16-17-8-4-3-5-9-17/h3-6,8-11,14,20H,2,7,12-13,15-16H2,1H3,(H,27,28)/t20-/m0/s1. The predicted octanol–water partition coefficient (Wildman–Crippen LogP) is 4.17. The topological polar surface area (TPSA) is 73.9 Å². The molecule has 0 fully saturated rings. The second kappa shape index (κ2) is 12.7. The lowest BCUT2D eigenvalue weighted by molar-refractivity contribution is -0.274. The number of nitrogens with one attached hydrogen (secondary N) is 1. The minimum Gasteiger partial charge on any atom is -0.464 e. The second-order valence-corrected chi connectivity index (χ2v) is 6.91. The Balaban J connectivity index is 1.86. The number of hydrogen-bond donors (Lipinski definition) is 1. The Morgan fingerprint density at radius 2 is 1.75 bits per heavy atom. The van der Waals surface area contributed by atoms with Crippen LogP contribution in [0.2, 0.25) is 0 Å². The maximum absolute atomic E-state index is 12.4. The third-order valence-corrected chi connectivity index (χ3v) is 4.28. The van der Waals surface area contributed by atoms with Gasteiger partial charge in [-0.1, -0.05) is 42.5 Å². The molecule has 174 valence electrons. The highest BCUT2D eigenvalue weighted by Crippen LogP contribution is 2.23. The van der Waals surface area contributed by atoms with Gasteiger partial charge in [-0.05, 0) is 36.6 Å². The van der Waals surface area contributed by atoms with Gasteiger partial charge >= 0.3 is 12.3 Å². The molecule has 0 heterocycles. The van der Waals surface area contributed by atoms with E-state index < -0.39 is 24.1 Å². The number of esters is 1. The summed E-state index contributed by atoms with van der Waals surface area (Å²) in [7, 11) is 0. The molecule has 2 rings (SSSR count). The minimum absolute atomic E-state index is 0.0376. The summed E-state index contributed by atoms with van der Waals surface area (Å²) in [5, 5.41) is 2.59. The van der Waals surface area contributed by atoms with Crippen LogP contribution in [0.25, 0.3) is 0 Å². The van der Waals surface area contributed by atoms with E-state index in [9.17, 15) is 22.8 Å². The molecule has 0 bridgehead atoms. The van der Waals surface area contributed by atoms with Gasteiger partial charge in [0.15, 0.2) is 0 Å². The van der Waals surface area contributed by atoms with E-state index in [2.05, 4.69) is 10.1 Å². The maximum atomic E-state index is 12.4. The molecule has 1 N–H and O–H groups in total. The molecule has 32 heavy (non-hydrogen) atoms. The molecule has 2 aromatic rings. The normalized spacial score (nSPS) is 12.1. The molecular formula is C23H26F3NO5. The first-order valence-electron chi connectivity index (χ1n) is 10.2. The Morgan fingerprint density at radius 3 is 2.44 bits per heavy atom. The fourth-order valence-electron chi connectivity index (χ4n) is 2.91. The summed E-state index contributed by atoms with van der Waals surface area (Å²) in [5.74, 6) is -1.45. The van der Waals surface area contributed by atoms with Crippen LogP contribution >= 0.6 is 0 Å². The maximum Gasteiger partial charge on any atom is 0.573 e. The Hall–Kier alpha value is -3.07. The highest BCUT2D eigenvalue weighted by atomic mass is 19.4. The minimum atomic E-state index is -4.82. The number of benzene rings is 2. The zero-order valence-corrected chi connectivity index (χ0v) is 17.7. The fraction of sp³-hybridized carbons (Fsp3) is 0.391. The van der Waals surface area contributed by atoms with E-state index >= 15 is 0 Å². The number of rotatable bonds is 12. The lowest BCUT2D eigenvalue weighted by atomic mass is 10.1. The van der Waals surface area contributed by atoms with Crippen molar-refractivity contribution >= 4 is 11.9 Å². The van der Waals surface area contributed by atoms with Crippen LogP contribution in [0.15, 0.2) is 54.6 Å². The zero-order chi connectivity index (χ0) is 23.4. The van der Waals surface area contributed by atoms with E-state index in [1.807, 2.05) is 30.3 Å². The molecule has 0 radical (unpaired) electrons. The number of ether oxygens (including phenoxy) is 3. The molecule has 0 aromatic heterocycles. The molecule has 0 aliphatic rings.